The first kappa shape index (κ1) is 19.6. The maximum absolute atomic E-state index is 12.1. The van der Waals surface area contributed by atoms with Crippen molar-refractivity contribution in [2.45, 2.75) is 6.61 Å². The summed E-state index contributed by atoms with van der Waals surface area (Å²) in [6.07, 6.45) is 4.63. The molecule has 3 aromatic rings. The fourth-order valence-electron chi connectivity index (χ4n) is 2.41. The summed E-state index contributed by atoms with van der Waals surface area (Å²) in [5.74, 6) is 0.815. The van der Waals surface area contributed by atoms with Crippen LogP contribution in [0.25, 0.3) is 0 Å². The van der Waals surface area contributed by atoms with E-state index in [-0.39, 0.29) is 5.91 Å². The van der Waals surface area contributed by atoms with Gasteiger partial charge in [-0.15, -0.1) is 0 Å². The van der Waals surface area contributed by atoms with Crippen LogP contribution in [0.1, 0.15) is 21.5 Å². The number of amides is 1. The van der Waals surface area contributed by atoms with E-state index < -0.39 is 0 Å². The molecule has 0 atom stereocenters. The number of halogens is 1. The Kier molecular flexibility index (Phi) is 6.75. The van der Waals surface area contributed by atoms with E-state index in [1.54, 1.807) is 31.6 Å². The summed E-state index contributed by atoms with van der Waals surface area (Å²) in [4.78, 5) is 16.0. The van der Waals surface area contributed by atoms with Crippen LogP contribution in [0.15, 0.2) is 76.6 Å². The third-order valence-electron chi connectivity index (χ3n) is 3.84. The third kappa shape index (κ3) is 5.17. The van der Waals surface area contributed by atoms with Crippen LogP contribution in [-0.4, -0.2) is 24.2 Å². The molecule has 2 aromatic carbocycles. The van der Waals surface area contributed by atoms with Gasteiger partial charge in [0.2, 0.25) is 0 Å². The minimum Gasteiger partial charge on any atom is -0.493 e. The summed E-state index contributed by atoms with van der Waals surface area (Å²) in [6.45, 7) is 0.373. The smallest absolute Gasteiger partial charge is 0.271 e. The van der Waals surface area contributed by atoms with Crippen molar-refractivity contribution < 1.29 is 14.3 Å². The van der Waals surface area contributed by atoms with Crippen molar-refractivity contribution in [3.05, 3.63) is 88.2 Å². The Hall–Kier alpha value is -3.19. The highest BCUT2D eigenvalue weighted by Crippen LogP contribution is 2.31. The zero-order chi connectivity index (χ0) is 19.8. The van der Waals surface area contributed by atoms with Crippen molar-refractivity contribution in [2.75, 3.05) is 7.11 Å². The zero-order valence-electron chi connectivity index (χ0n) is 15.1. The summed E-state index contributed by atoms with van der Waals surface area (Å²) in [5, 5.41) is 4.03. The number of hydrazone groups is 1. The van der Waals surface area contributed by atoms with Crippen molar-refractivity contribution in [3.63, 3.8) is 0 Å². The number of nitrogens with one attached hydrogen (secondary N) is 1. The number of ether oxygens (including phenoxy) is 2. The molecular weight excluding hydrogens is 422 g/mol. The number of hydrogen-bond donors (Lipinski definition) is 1. The lowest BCUT2D eigenvalue weighted by atomic mass is 10.2. The second-order valence-corrected chi connectivity index (χ2v) is 6.64. The van der Waals surface area contributed by atoms with Gasteiger partial charge in [0.05, 0.1) is 13.3 Å². The van der Waals surface area contributed by atoms with Crippen LogP contribution >= 0.6 is 15.9 Å². The van der Waals surface area contributed by atoms with Crippen LogP contribution in [0, 0.1) is 0 Å². The number of benzene rings is 2. The molecule has 6 nitrogen and oxygen atoms in total. The molecule has 0 aliphatic rings. The van der Waals surface area contributed by atoms with Crippen LogP contribution in [0.2, 0.25) is 0 Å². The van der Waals surface area contributed by atoms with Gasteiger partial charge in [-0.3, -0.25) is 9.78 Å². The fourth-order valence-corrected chi connectivity index (χ4v) is 2.68. The Morgan fingerprint density at radius 1 is 1.14 bits per heavy atom. The summed E-state index contributed by atoms with van der Waals surface area (Å²) in [6, 6.07) is 16.6. The van der Waals surface area contributed by atoms with Gasteiger partial charge in [0.15, 0.2) is 11.5 Å². The molecule has 0 radical (unpaired) electrons. The Morgan fingerprint density at radius 2 is 1.89 bits per heavy atom. The molecule has 0 saturated carbocycles. The molecule has 0 unspecified atom stereocenters. The summed E-state index contributed by atoms with van der Waals surface area (Å²) in [7, 11) is 1.58. The van der Waals surface area contributed by atoms with Gasteiger partial charge in [-0.1, -0.05) is 34.1 Å². The van der Waals surface area contributed by atoms with Crippen molar-refractivity contribution >= 4 is 28.1 Å². The van der Waals surface area contributed by atoms with Crippen molar-refractivity contribution in [2.24, 2.45) is 5.10 Å². The number of carbonyl (C=O) groups is 1. The average Bonchev–Trinajstić information content (AvgIpc) is 2.74. The first-order valence-corrected chi connectivity index (χ1v) is 9.24. The van der Waals surface area contributed by atoms with E-state index >= 15 is 0 Å². The van der Waals surface area contributed by atoms with Gasteiger partial charge < -0.3 is 9.47 Å². The number of nitrogens with zero attached hydrogens (tertiary/aromatic N) is 2. The molecule has 1 N–H and O–H groups in total. The van der Waals surface area contributed by atoms with E-state index in [4.69, 9.17) is 9.47 Å². The molecule has 0 spiro atoms. The van der Waals surface area contributed by atoms with Gasteiger partial charge in [-0.25, -0.2) is 5.43 Å². The molecule has 142 valence electrons. The number of hydrogen-bond acceptors (Lipinski definition) is 5. The number of pyridine rings is 1. The van der Waals surface area contributed by atoms with Crippen molar-refractivity contribution in [3.8, 4) is 11.5 Å². The van der Waals surface area contributed by atoms with Gasteiger partial charge >= 0.3 is 0 Å². The molecular formula is C21H18BrN3O3. The van der Waals surface area contributed by atoms with Crippen molar-refractivity contribution in [1.82, 2.24) is 10.4 Å². The SMILES string of the molecule is COc1cccc(/C=N/NC(=O)c2ccncc2)c1OCc1ccc(Br)cc1. The second kappa shape index (κ2) is 9.66. The fraction of sp³-hybridized carbons (Fsp3) is 0.0952. The van der Waals surface area contributed by atoms with Crippen LogP contribution in [-0.2, 0) is 6.61 Å². The van der Waals surface area contributed by atoms with E-state index in [2.05, 4.69) is 31.4 Å². The molecule has 0 bridgehead atoms. The standard InChI is InChI=1S/C21H18BrN3O3/c1-27-19-4-2-3-17(13-24-25-21(26)16-9-11-23-12-10-16)20(19)28-14-15-5-7-18(22)8-6-15/h2-13H,14H2,1H3,(H,25,26)/b24-13+. The molecule has 1 aromatic heterocycles. The van der Waals surface area contributed by atoms with E-state index in [9.17, 15) is 4.79 Å². The molecule has 0 fully saturated rings. The lowest BCUT2D eigenvalue weighted by Crippen LogP contribution is -2.17. The number of carbonyl (C=O) groups excluding carboxylic acids is 1. The highest BCUT2D eigenvalue weighted by atomic mass is 79.9. The van der Waals surface area contributed by atoms with Gasteiger partial charge in [-0.05, 0) is 42.0 Å². The van der Waals surface area contributed by atoms with Gasteiger partial charge in [0, 0.05) is 28.0 Å². The zero-order valence-corrected chi connectivity index (χ0v) is 16.7. The van der Waals surface area contributed by atoms with Crippen LogP contribution in [0.5, 0.6) is 11.5 Å². The predicted molar refractivity (Wildman–Crippen MR) is 111 cm³/mol. The van der Waals surface area contributed by atoms with Gasteiger partial charge in [0.1, 0.15) is 6.61 Å². The Bertz CT molecular complexity index is 960. The van der Waals surface area contributed by atoms with Crippen molar-refractivity contribution in [1.29, 1.82) is 0 Å². The minimum absolute atomic E-state index is 0.320. The summed E-state index contributed by atoms with van der Waals surface area (Å²) < 4.78 is 12.4. The second-order valence-electron chi connectivity index (χ2n) is 5.73. The molecule has 1 heterocycles. The molecule has 1 amide bonds. The molecule has 0 aliphatic heterocycles. The first-order chi connectivity index (χ1) is 13.7. The van der Waals surface area contributed by atoms with Crippen LogP contribution in [0.4, 0.5) is 0 Å². The normalized spacial score (nSPS) is 10.6. The summed E-state index contributed by atoms with van der Waals surface area (Å²) in [5.41, 5.74) is 4.67. The van der Waals surface area contributed by atoms with E-state index in [0.29, 0.717) is 29.2 Å². The molecule has 0 saturated heterocycles. The number of methoxy groups -OCH3 is 1. The Labute approximate surface area is 171 Å². The Morgan fingerprint density at radius 3 is 2.61 bits per heavy atom. The number of para-hydroxylation sites is 1. The number of rotatable bonds is 7. The van der Waals surface area contributed by atoms with Gasteiger partial charge in [-0.2, -0.15) is 5.10 Å². The lowest BCUT2D eigenvalue weighted by Gasteiger charge is -2.13. The monoisotopic (exact) mass is 439 g/mol. The van der Waals surface area contributed by atoms with E-state index in [0.717, 1.165) is 10.0 Å². The quantitative estimate of drug-likeness (QED) is 0.442. The topological polar surface area (TPSA) is 72.8 Å². The molecule has 28 heavy (non-hydrogen) atoms. The molecule has 0 aliphatic carbocycles. The van der Waals surface area contributed by atoms with E-state index in [1.165, 1.54) is 6.21 Å². The third-order valence-corrected chi connectivity index (χ3v) is 4.37. The van der Waals surface area contributed by atoms with Gasteiger partial charge in [0.25, 0.3) is 5.91 Å². The largest absolute Gasteiger partial charge is 0.493 e. The average molecular weight is 440 g/mol. The van der Waals surface area contributed by atoms with Crippen LogP contribution < -0.4 is 14.9 Å². The first-order valence-electron chi connectivity index (χ1n) is 8.45. The van der Waals surface area contributed by atoms with E-state index in [1.807, 2.05) is 42.5 Å². The number of aromatic nitrogens is 1. The molecule has 7 heteroatoms. The maximum atomic E-state index is 12.1. The lowest BCUT2D eigenvalue weighted by molar-refractivity contribution is 0.0955. The highest BCUT2D eigenvalue weighted by molar-refractivity contribution is 9.10. The predicted octanol–water partition coefficient (Wildman–Crippen LogP) is 4.20. The molecule has 3 rings (SSSR count). The Balaban J connectivity index is 1.73. The maximum Gasteiger partial charge on any atom is 0.271 e. The minimum atomic E-state index is -0.320. The summed E-state index contributed by atoms with van der Waals surface area (Å²) >= 11 is 3.42. The highest BCUT2D eigenvalue weighted by Gasteiger charge is 2.10. The van der Waals surface area contributed by atoms with Crippen LogP contribution in [0.3, 0.4) is 0 Å².